The number of piperidine rings is 1. The molecule has 0 atom stereocenters. The second-order valence-corrected chi connectivity index (χ2v) is 8.74. The number of amides is 1. The topological polar surface area (TPSA) is 120 Å². The maximum absolute atomic E-state index is 12.5. The average molecular weight is 404 g/mol. The van der Waals surface area contributed by atoms with Crippen LogP contribution in [-0.4, -0.2) is 58.8 Å². The van der Waals surface area contributed by atoms with Gasteiger partial charge in [-0.2, -0.15) is 0 Å². The van der Waals surface area contributed by atoms with Gasteiger partial charge in [0.05, 0.1) is 12.0 Å². The molecule has 1 aliphatic heterocycles. The van der Waals surface area contributed by atoms with Gasteiger partial charge in [-0.25, -0.2) is 27.7 Å². The lowest BCUT2D eigenvalue weighted by Crippen LogP contribution is -2.43. The van der Waals surface area contributed by atoms with E-state index in [0.29, 0.717) is 43.2 Å². The molecule has 28 heavy (non-hydrogen) atoms. The van der Waals surface area contributed by atoms with Crippen LogP contribution in [-0.2, 0) is 14.8 Å². The molecular weight excluding hydrogens is 380 g/mol. The number of carbonyl (C=O) groups excluding carboxylic acids is 1. The fourth-order valence-electron chi connectivity index (χ4n) is 3.27. The molecule has 0 saturated carbocycles. The summed E-state index contributed by atoms with van der Waals surface area (Å²) in [5.41, 5.74) is 2.04. The number of rotatable bonds is 4. The summed E-state index contributed by atoms with van der Waals surface area (Å²) in [5, 5.41) is 3.68. The molecular formula is C18H24N6O3S. The first kappa shape index (κ1) is 20.2. The Bertz CT molecular complexity index is 1030. The van der Waals surface area contributed by atoms with Crippen molar-refractivity contribution in [2.24, 2.45) is 10.9 Å². The summed E-state index contributed by atoms with van der Waals surface area (Å²) >= 11 is 0. The Kier molecular flexibility index (Phi) is 5.90. The van der Waals surface area contributed by atoms with Crippen LogP contribution in [0.5, 0.6) is 0 Å². The summed E-state index contributed by atoms with van der Waals surface area (Å²) in [6.45, 7) is 4.30. The van der Waals surface area contributed by atoms with Crippen LogP contribution in [0.1, 0.15) is 32.4 Å². The maximum Gasteiger partial charge on any atom is 0.228 e. The van der Waals surface area contributed by atoms with Crippen molar-refractivity contribution in [1.29, 1.82) is 0 Å². The number of sulfonamides is 1. The molecule has 0 aromatic carbocycles. The number of aromatic nitrogens is 3. The molecule has 0 bridgehead atoms. The van der Waals surface area contributed by atoms with Crippen LogP contribution < -0.4 is 5.32 Å². The van der Waals surface area contributed by atoms with Crippen molar-refractivity contribution in [3.05, 3.63) is 30.4 Å². The quantitative estimate of drug-likeness (QED) is 0.591. The molecule has 0 aliphatic carbocycles. The lowest BCUT2D eigenvalue weighted by atomic mass is 9.97. The largest absolute Gasteiger partial charge is 0.346 e. The summed E-state index contributed by atoms with van der Waals surface area (Å²) in [7, 11) is -3.21. The Morgan fingerprint density at radius 2 is 2.07 bits per heavy atom. The molecule has 0 spiro atoms. The van der Waals surface area contributed by atoms with E-state index in [9.17, 15) is 13.2 Å². The molecule has 3 heterocycles. The molecule has 2 aromatic rings. The predicted molar refractivity (Wildman–Crippen MR) is 108 cm³/mol. The van der Waals surface area contributed by atoms with E-state index >= 15 is 0 Å². The maximum atomic E-state index is 12.5. The van der Waals surface area contributed by atoms with Gasteiger partial charge in [0.25, 0.3) is 0 Å². The molecule has 1 fully saturated rings. The third kappa shape index (κ3) is 4.45. The highest BCUT2D eigenvalue weighted by Gasteiger charge is 2.29. The smallest absolute Gasteiger partial charge is 0.228 e. The molecule has 150 valence electrons. The van der Waals surface area contributed by atoms with Gasteiger partial charge in [0.15, 0.2) is 0 Å². The van der Waals surface area contributed by atoms with E-state index in [2.05, 4.69) is 25.3 Å². The van der Waals surface area contributed by atoms with Crippen LogP contribution in [0.4, 0.5) is 0 Å². The highest BCUT2D eigenvalue weighted by molar-refractivity contribution is 7.88. The first-order chi connectivity index (χ1) is 13.3. The molecule has 10 heteroatoms. The van der Waals surface area contributed by atoms with Crippen LogP contribution >= 0.6 is 0 Å². The zero-order valence-electron chi connectivity index (χ0n) is 16.1. The predicted octanol–water partition coefficient (Wildman–Crippen LogP) is 1.52. The summed E-state index contributed by atoms with van der Waals surface area (Å²) in [4.78, 5) is 28.6. The van der Waals surface area contributed by atoms with Crippen molar-refractivity contribution >= 4 is 38.5 Å². The summed E-state index contributed by atoms with van der Waals surface area (Å²) in [5.74, 6) is 0.0953. The number of fused-ring (bicyclic) bond motifs is 1. The Morgan fingerprint density at radius 3 is 2.71 bits per heavy atom. The van der Waals surface area contributed by atoms with E-state index in [4.69, 9.17) is 0 Å². The van der Waals surface area contributed by atoms with Crippen LogP contribution in [0, 0.1) is 5.92 Å². The molecule has 0 unspecified atom stereocenters. The van der Waals surface area contributed by atoms with E-state index in [0.717, 1.165) is 11.0 Å². The molecule has 9 nitrogen and oxygen atoms in total. The number of hydrogen-bond donors (Lipinski definition) is 2. The Balaban J connectivity index is 1.68. The van der Waals surface area contributed by atoms with E-state index < -0.39 is 10.0 Å². The number of aromatic amines is 1. The fourth-order valence-corrected chi connectivity index (χ4v) is 4.14. The van der Waals surface area contributed by atoms with Crippen LogP contribution in [0.3, 0.4) is 0 Å². The third-order valence-corrected chi connectivity index (χ3v) is 6.06. The fraction of sp³-hybridized carbons (Fsp3) is 0.444. The van der Waals surface area contributed by atoms with Crippen molar-refractivity contribution in [1.82, 2.24) is 24.6 Å². The third-order valence-electron chi connectivity index (χ3n) is 4.76. The lowest BCUT2D eigenvalue weighted by Gasteiger charge is -2.29. The highest BCUT2D eigenvalue weighted by atomic mass is 32.2. The summed E-state index contributed by atoms with van der Waals surface area (Å²) in [6.07, 6.45) is 7.28. The van der Waals surface area contributed by atoms with E-state index in [1.54, 1.807) is 13.1 Å². The van der Waals surface area contributed by atoms with Gasteiger partial charge in [0, 0.05) is 30.6 Å². The van der Waals surface area contributed by atoms with E-state index in [1.807, 2.05) is 19.1 Å². The second-order valence-electron chi connectivity index (χ2n) is 6.76. The molecule has 2 N–H and O–H groups in total. The Hall–Kier alpha value is -2.59. The number of carbonyl (C=O) groups is 1. The first-order valence-electron chi connectivity index (χ1n) is 9.05. The van der Waals surface area contributed by atoms with Gasteiger partial charge < -0.3 is 10.3 Å². The van der Waals surface area contributed by atoms with E-state index in [1.165, 1.54) is 16.9 Å². The first-order valence-corrected chi connectivity index (χ1v) is 10.9. The number of nitrogens with zero attached hydrogens (tertiary/aromatic N) is 4. The molecule has 0 radical (unpaired) electrons. The zero-order chi connectivity index (χ0) is 20.3. The molecule has 1 saturated heterocycles. The van der Waals surface area contributed by atoms with Gasteiger partial charge in [-0.3, -0.25) is 4.79 Å². The van der Waals surface area contributed by atoms with Crippen LogP contribution in [0.2, 0.25) is 0 Å². The SMILES string of the molecule is C/C=C(\N=C(C)NC(=O)C1CCN(S(C)(=O)=O)CC1)c1ncnc2[nH]ccc12. The number of amidine groups is 1. The van der Waals surface area contributed by atoms with E-state index in [-0.39, 0.29) is 11.8 Å². The standard InChI is InChI=1S/C18H24N6O3S/c1-4-15(16-14-5-8-19-17(14)21-11-20-16)22-12(2)23-18(25)13-6-9-24(10-7-13)28(3,26)27/h4-5,8,11,13H,6-7,9-10H2,1-3H3,(H,19,20,21)(H,22,23,25)/b15-4-. The minimum absolute atomic E-state index is 0.140. The highest BCUT2D eigenvalue weighted by Crippen LogP contribution is 2.22. The molecule has 3 rings (SSSR count). The summed E-state index contributed by atoms with van der Waals surface area (Å²) < 4.78 is 24.6. The van der Waals surface area contributed by atoms with Gasteiger partial charge in [0.2, 0.25) is 15.9 Å². The number of H-pyrrole nitrogens is 1. The number of aliphatic imine (C=N–C) groups is 1. The van der Waals surface area contributed by atoms with Gasteiger partial charge in [-0.1, -0.05) is 6.08 Å². The second kappa shape index (κ2) is 8.19. The van der Waals surface area contributed by atoms with Crippen molar-refractivity contribution in [2.75, 3.05) is 19.3 Å². The molecule has 2 aromatic heterocycles. The zero-order valence-corrected chi connectivity index (χ0v) is 17.0. The van der Waals surface area contributed by atoms with Gasteiger partial charge in [0.1, 0.15) is 23.5 Å². The minimum Gasteiger partial charge on any atom is -0.346 e. The Labute approximate surface area is 164 Å². The average Bonchev–Trinajstić information content (AvgIpc) is 3.14. The van der Waals surface area contributed by atoms with Crippen LogP contribution in [0.25, 0.3) is 16.7 Å². The lowest BCUT2D eigenvalue weighted by molar-refractivity contribution is -0.124. The Morgan fingerprint density at radius 1 is 1.36 bits per heavy atom. The van der Waals surface area contributed by atoms with Crippen molar-refractivity contribution in [2.45, 2.75) is 26.7 Å². The number of nitrogens with one attached hydrogen (secondary N) is 2. The van der Waals surface area contributed by atoms with Crippen molar-refractivity contribution in [3.63, 3.8) is 0 Å². The summed E-state index contributed by atoms with van der Waals surface area (Å²) in [6, 6.07) is 1.88. The minimum atomic E-state index is -3.21. The van der Waals surface area contributed by atoms with Gasteiger partial charge in [-0.05, 0) is 32.8 Å². The van der Waals surface area contributed by atoms with Crippen molar-refractivity contribution in [3.8, 4) is 0 Å². The molecule has 1 amide bonds. The van der Waals surface area contributed by atoms with Crippen molar-refractivity contribution < 1.29 is 13.2 Å². The number of hydrogen-bond acceptors (Lipinski definition) is 6. The molecule has 1 aliphatic rings. The van der Waals surface area contributed by atoms with Gasteiger partial charge >= 0.3 is 0 Å². The number of allylic oxidation sites excluding steroid dienone is 1. The normalized spacial score (nSPS) is 17.8. The van der Waals surface area contributed by atoms with Crippen LogP contribution in [0.15, 0.2) is 29.7 Å². The monoisotopic (exact) mass is 404 g/mol. The van der Waals surface area contributed by atoms with Gasteiger partial charge in [-0.15, -0.1) is 0 Å².